The van der Waals surface area contributed by atoms with E-state index in [2.05, 4.69) is 12.2 Å². The molecule has 1 spiro atoms. The van der Waals surface area contributed by atoms with E-state index in [4.69, 9.17) is 0 Å². The highest BCUT2D eigenvalue weighted by molar-refractivity contribution is 6.11. The Morgan fingerprint density at radius 3 is 2.58 bits per heavy atom. The summed E-state index contributed by atoms with van der Waals surface area (Å²) in [6.45, 7) is 1.70. The number of halogens is 1. The fraction of sp³-hybridized carbons (Fsp3) is 0.500. The Hall–Kier alpha value is -2.24. The molecule has 5 nitrogen and oxygen atoms in total. The first kappa shape index (κ1) is 16.6. The first-order valence-electron chi connectivity index (χ1n) is 8.38. The van der Waals surface area contributed by atoms with Gasteiger partial charge in [0.2, 0.25) is 0 Å². The van der Waals surface area contributed by atoms with Gasteiger partial charge in [-0.2, -0.15) is 0 Å². The van der Waals surface area contributed by atoms with Crippen molar-refractivity contribution in [3.63, 3.8) is 0 Å². The number of imide groups is 1. The lowest BCUT2D eigenvalue weighted by molar-refractivity contribution is -0.132. The van der Waals surface area contributed by atoms with Crippen LogP contribution in [0.2, 0.25) is 0 Å². The number of hydrogen-bond acceptors (Lipinski definition) is 3. The van der Waals surface area contributed by atoms with Crippen LogP contribution in [-0.2, 0) is 4.79 Å². The van der Waals surface area contributed by atoms with Crippen LogP contribution < -0.4 is 5.32 Å². The van der Waals surface area contributed by atoms with Crippen LogP contribution in [0.25, 0.3) is 0 Å². The lowest BCUT2D eigenvalue weighted by atomic mass is 9.75. The van der Waals surface area contributed by atoms with Gasteiger partial charge in [0.25, 0.3) is 5.91 Å². The van der Waals surface area contributed by atoms with Crippen molar-refractivity contribution >= 4 is 17.7 Å². The highest BCUT2D eigenvalue weighted by atomic mass is 19.1. The van der Waals surface area contributed by atoms with Gasteiger partial charge in [0.1, 0.15) is 11.4 Å². The Balaban J connectivity index is 1.73. The Labute approximate surface area is 140 Å². The van der Waals surface area contributed by atoms with Crippen LogP contribution in [0.1, 0.15) is 49.4 Å². The Morgan fingerprint density at radius 2 is 1.96 bits per heavy atom. The van der Waals surface area contributed by atoms with Crippen molar-refractivity contribution in [3.8, 4) is 0 Å². The predicted molar refractivity (Wildman–Crippen MR) is 86.0 cm³/mol. The smallest absolute Gasteiger partial charge is 0.323 e. The van der Waals surface area contributed by atoms with Crippen LogP contribution in [0, 0.1) is 11.7 Å². The van der Waals surface area contributed by atoms with Crippen LogP contribution in [0.3, 0.4) is 0 Å². The predicted octanol–water partition coefficient (Wildman–Crippen LogP) is 2.90. The van der Waals surface area contributed by atoms with Crippen LogP contribution in [-0.4, -0.2) is 34.7 Å². The van der Waals surface area contributed by atoms with Crippen molar-refractivity contribution in [2.24, 2.45) is 5.92 Å². The molecule has 1 aliphatic heterocycles. The van der Waals surface area contributed by atoms with Gasteiger partial charge >= 0.3 is 6.03 Å². The van der Waals surface area contributed by atoms with Crippen LogP contribution >= 0.6 is 0 Å². The number of urea groups is 1. The van der Waals surface area contributed by atoms with E-state index >= 15 is 0 Å². The fourth-order valence-corrected chi connectivity index (χ4v) is 3.65. The quantitative estimate of drug-likeness (QED) is 0.681. The molecule has 0 radical (unpaired) electrons. The number of rotatable bonds is 4. The van der Waals surface area contributed by atoms with Crippen molar-refractivity contribution in [1.29, 1.82) is 0 Å². The average Bonchev–Trinajstić information content (AvgIpc) is 2.80. The molecule has 6 heteroatoms. The first-order valence-corrected chi connectivity index (χ1v) is 8.38. The number of benzene rings is 1. The summed E-state index contributed by atoms with van der Waals surface area (Å²) >= 11 is 0. The summed E-state index contributed by atoms with van der Waals surface area (Å²) in [4.78, 5) is 38.1. The number of nitrogens with one attached hydrogen (secondary N) is 1. The van der Waals surface area contributed by atoms with Gasteiger partial charge in [-0.05, 0) is 43.7 Å². The van der Waals surface area contributed by atoms with E-state index in [1.165, 1.54) is 18.2 Å². The SMILES string of the molecule is CCC1CCC2(CC1)NC(=O)N(CC(=O)c1ccccc1F)C2=O. The normalized spacial score (nSPS) is 26.8. The van der Waals surface area contributed by atoms with Gasteiger partial charge in [-0.15, -0.1) is 0 Å². The Morgan fingerprint density at radius 1 is 1.29 bits per heavy atom. The van der Waals surface area contributed by atoms with Crippen LogP contribution in [0.5, 0.6) is 0 Å². The first-order chi connectivity index (χ1) is 11.5. The van der Waals surface area contributed by atoms with E-state index < -0.39 is 29.7 Å². The molecular weight excluding hydrogens is 311 g/mol. The molecule has 2 aliphatic rings. The molecule has 1 aromatic rings. The average molecular weight is 332 g/mol. The van der Waals surface area contributed by atoms with Crippen LogP contribution in [0.15, 0.2) is 24.3 Å². The maximum atomic E-state index is 13.7. The minimum atomic E-state index is -0.877. The van der Waals surface area contributed by atoms with Crippen molar-refractivity contribution in [1.82, 2.24) is 10.2 Å². The molecule has 1 aromatic carbocycles. The van der Waals surface area contributed by atoms with Gasteiger partial charge < -0.3 is 5.32 Å². The third-order valence-electron chi connectivity index (χ3n) is 5.26. The van der Waals surface area contributed by atoms with Crippen molar-refractivity contribution in [2.75, 3.05) is 6.54 Å². The second-order valence-corrected chi connectivity index (χ2v) is 6.66. The summed E-state index contributed by atoms with van der Waals surface area (Å²) in [6, 6.07) is 5.03. The number of ketones is 1. The van der Waals surface area contributed by atoms with Gasteiger partial charge in [0.05, 0.1) is 12.1 Å². The second kappa shape index (κ2) is 6.34. The second-order valence-electron chi connectivity index (χ2n) is 6.66. The van der Waals surface area contributed by atoms with Crippen molar-refractivity contribution < 1.29 is 18.8 Å². The van der Waals surface area contributed by atoms with E-state index in [0.717, 1.165) is 24.2 Å². The van der Waals surface area contributed by atoms with E-state index in [0.29, 0.717) is 18.8 Å². The van der Waals surface area contributed by atoms with Gasteiger partial charge in [0, 0.05) is 0 Å². The molecule has 3 amide bonds. The zero-order chi connectivity index (χ0) is 17.3. The van der Waals surface area contributed by atoms with Crippen molar-refractivity contribution in [3.05, 3.63) is 35.6 Å². The molecular formula is C18H21FN2O3. The zero-order valence-corrected chi connectivity index (χ0v) is 13.7. The van der Waals surface area contributed by atoms with Crippen molar-refractivity contribution in [2.45, 2.75) is 44.6 Å². The molecule has 0 bridgehead atoms. The van der Waals surface area contributed by atoms with Gasteiger partial charge in [-0.1, -0.05) is 25.5 Å². The number of amides is 3. The Bertz CT molecular complexity index is 681. The van der Waals surface area contributed by atoms with E-state index in [1.54, 1.807) is 6.07 Å². The third kappa shape index (κ3) is 2.81. The number of carbonyl (C=O) groups is 3. The van der Waals surface area contributed by atoms with E-state index in [-0.39, 0.29) is 11.5 Å². The van der Waals surface area contributed by atoms with Crippen LogP contribution in [0.4, 0.5) is 9.18 Å². The summed E-state index contributed by atoms with van der Waals surface area (Å²) in [5.41, 5.74) is -0.980. The number of Topliss-reactive ketones (excluding diaryl/α,β-unsaturated/α-hetero) is 1. The largest absolute Gasteiger partial charge is 0.325 e. The fourth-order valence-electron chi connectivity index (χ4n) is 3.65. The third-order valence-corrected chi connectivity index (χ3v) is 5.26. The minimum absolute atomic E-state index is 0.103. The van der Waals surface area contributed by atoms with E-state index in [1.807, 2.05) is 0 Å². The van der Waals surface area contributed by atoms with Gasteiger partial charge in [-0.25, -0.2) is 9.18 Å². The standard InChI is InChI=1S/C18H21FN2O3/c1-2-12-7-9-18(10-8-12)16(23)21(17(24)20-18)11-15(22)13-5-3-4-6-14(13)19/h3-6,12H,2,7-11H2,1H3,(H,20,24). The number of carbonyl (C=O) groups excluding carboxylic acids is 3. The lowest BCUT2D eigenvalue weighted by Gasteiger charge is -2.34. The molecule has 1 aliphatic carbocycles. The molecule has 24 heavy (non-hydrogen) atoms. The Kier molecular flexibility index (Phi) is 4.39. The molecule has 1 N–H and O–H groups in total. The molecule has 0 unspecified atom stereocenters. The topological polar surface area (TPSA) is 66.5 Å². The molecule has 1 heterocycles. The minimum Gasteiger partial charge on any atom is -0.323 e. The summed E-state index contributed by atoms with van der Waals surface area (Å²) in [5, 5.41) is 2.78. The van der Waals surface area contributed by atoms with Gasteiger partial charge in [-0.3, -0.25) is 14.5 Å². The molecule has 2 fully saturated rings. The number of hydrogen-bond donors (Lipinski definition) is 1. The molecule has 1 saturated carbocycles. The maximum Gasteiger partial charge on any atom is 0.325 e. The highest BCUT2D eigenvalue weighted by Gasteiger charge is 2.52. The summed E-state index contributed by atoms with van der Waals surface area (Å²) in [6.07, 6.45) is 4.03. The monoisotopic (exact) mass is 332 g/mol. The molecule has 128 valence electrons. The lowest BCUT2D eigenvalue weighted by Crippen LogP contribution is -2.49. The molecule has 3 rings (SSSR count). The van der Waals surface area contributed by atoms with Gasteiger partial charge in [0.15, 0.2) is 5.78 Å². The zero-order valence-electron chi connectivity index (χ0n) is 13.7. The highest BCUT2D eigenvalue weighted by Crippen LogP contribution is 2.37. The summed E-state index contributed by atoms with van der Waals surface area (Å²) in [5.74, 6) is -0.996. The number of nitrogens with zero attached hydrogens (tertiary/aromatic N) is 1. The molecule has 0 aromatic heterocycles. The summed E-state index contributed by atoms with van der Waals surface area (Å²) in [7, 11) is 0. The summed E-state index contributed by atoms with van der Waals surface area (Å²) < 4.78 is 13.7. The van der Waals surface area contributed by atoms with E-state index in [9.17, 15) is 18.8 Å². The molecule has 0 atom stereocenters. The maximum absolute atomic E-state index is 13.7. The molecule has 1 saturated heterocycles.